The van der Waals surface area contributed by atoms with Gasteiger partial charge in [0.05, 0.1) is 6.54 Å². The average molecular weight is 159 g/mol. The second-order valence-corrected chi connectivity index (χ2v) is 2.79. The molecule has 0 aliphatic rings. The minimum atomic E-state index is 0.213. The smallest absolute Gasteiger partial charge is 0.143 e. The monoisotopic (exact) mass is 159 g/mol. The van der Waals surface area contributed by atoms with Crippen LogP contribution in [0.2, 0.25) is 0 Å². The Bertz CT molecular complexity index is 115. The van der Waals surface area contributed by atoms with Crippen LogP contribution < -0.4 is 0 Å². The Labute approximate surface area is 68.3 Å². The fraction of sp³-hybridized carbons (Fsp3) is 0.875. The van der Waals surface area contributed by atoms with E-state index in [-0.39, 0.29) is 5.78 Å². The highest BCUT2D eigenvalue weighted by Gasteiger charge is 1.99. The summed E-state index contributed by atoms with van der Waals surface area (Å²) in [6.07, 6.45) is 0.986. The van der Waals surface area contributed by atoms with Gasteiger partial charge in [0.2, 0.25) is 0 Å². The van der Waals surface area contributed by atoms with E-state index in [2.05, 4.69) is 0 Å². The molecule has 66 valence electrons. The lowest BCUT2D eigenvalue weighted by Gasteiger charge is -2.13. The Kier molecular flexibility index (Phi) is 6.07. The molecule has 0 unspecified atom stereocenters. The van der Waals surface area contributed by atoms with Crippen molar-refractivity contribution < 1.29 is 9.53 Å². The van der Waals surface area contributed by atoms with Crippen molar-refractivity contribution in [3.8, 4) is 0 Å². The number of hydrogen-bond acceptors (Lipinski definition) is 3. The molecular formula is C8H17NO2. The topological polar surface area (TPSA) is 29.5 Å². The Morgan fingerprint density at radius 3 is 2.64 bits per heavy atom. The van der Waals surface area contributed by atoms with Crippen LogP contribution in [0.25, 0.3) is 0 Å². The molecule has 0 amide bonds. The van der Waals surface area contributed by atoms with Crippen molar-refractivity contribution in [2.45, 2.75) is 13.3 Å². The highest BCUT2D eigenvalue weighted by molar-refractivity contribution is 5.77. The van der Waals surface area contributed by atoms with Gasteiger partial charge in [0.15, 0.2) is 0 Å². The van der Waals surface area contributed by atoms with Crippen LogP contribution in [0.5, 0.6) is 0 Å². The number of ether oxygens (including phenoxy) is 1. The minimum absolute atomic E-state index is 0.213. The molecule has 0 radical (unpaired) electrons. The summed E-state index contributed by atoms with van der Waals surface area (Å²) in [4.78, 5) is 12.6. The van der Waals surface area contributed by atoms with Crippen LogP contribution in [0, 0.1) is 0 Å². The van der Waals surface area contributed by atoms with Crippen LogP contribution in [0.15, 0.2) is 0 Å². The van der Waals surface area contributed by atoms with Crippen molar-refractivity contribution in [2.24, 2.45) is 0 Å². The van der Waals surface area contributed by atoms with Crippen LogP contribution in [0.3, 0.4) is 0 Å². The molecule has 0 saturated heterocycles. The molecule has 3 nitrogen and oxygen atoms in total. The molecule has 0 saturated carbocycles. The van der Waals surface area contributed by atoms with Crippen molar-refractivity contribution in [1.29, 1.82) is 0 Å². The predicted molar refractivity (Wildman–Crippen MR) is 44.7 cm³/mol. The lowest BCUT2D eigenvalue weighted by molar-refractivity contribution is -0.117. The molecule has 0 N–H and O–H groups in total. The molecule has 0 aromatic heterocycles. The van der Waals surface area contributed by atoms with Gasteiger partial charge >= 0.3 is 0 Å². The molecule has 0 spiro atoms. The second kappa shape index (κ2) is 6.31. The normalized spacial score (nSPS) is 10.5. The minimum Gasteiger partial charge on any atom is -0.385 e. The molecular weight excluding hydrogens is 142 g/mol. The highest BCUT2D eigenvalue weighted by Crippen LogP contribution is 1.87. The summed E-state index contributed by atoms with van der Waals surface area (Å²) >= 11 is 0. The quantitative estimate of drug-likeness (QED) is 0.530. The zero-order chi connectivity index (χ0) is 8.69. The van der Waals surface area contributed by atoms with E-state index < -0.39 is 0 Å². The third-order valence-corrected chi connectivity index (χ3v) is 1.38. The number of methoxy groups -OCH3 is 1. The molecule has 0 aliphatic heterocycles. The van der Waals surface area contributed by atoms with E-state index in [0.717, 1.165) is 19.6 Å². The highest BCUT2D eigenvalue weighted by atomic mass is 16.5. The van der Waals surface area contributed by atoms with Gasteiger partial charge in [-0.1, -0.05) is 0 Å². The Morgan fingerprint density at radius 2 is 2.18 bits per heavy atom. The van der Waals surface area contributed by atoms with E-state index in [9.17, 15) is 4.79 Å². The first-order valence-corrected chi connectivity index (χ1v) is 3.83. The number of hydrogen-bond donors (Lipinski definition) is 0. The molecule has 0 fully saturated rings. The summed E-state index contributed by atoms with van der Waals surface area (Å²) in [6.45, 7) is 3.84. The lowest BCUT2D eigenvalue weighted by atomic mass is 10.3. The van der Waals surface area contributed by atoms with E-state index in [1.54, 1.807) is 14.0 Å². The van der Waals surface area contributed by atoms with E-state index in [1.165, 1.54) is 0 Å². The van der Waals surface area contributed by atoms with E-state index in [0.29, 0.717) is 6.54 Å². The van der Waals surface area contributed by atoms with Gasteiger partial charge < -0.3 is 4.74 Å². The molecule has 0 atom stereocenters. The SMILES string of the molecule is COCCCN(C)CC(C)=O. The predicted octanol–water partition coefficient (Wildman–Crippen LogP) is 0.544. The summed E-state index contributed by atoms with van der Waals surface area (Å²) < 4.78 is 4.89. The van der Waals surface area contributed by atoms with Crippen molar-refractivity contribution >= 4 is 5.78 Å². The van der Waals surface area contributed by atoms with Crippen molar-refractivity contribution in [1.82, 2.24) is 4.90 Å². The molecule has 0 aromatic rings. The van der Waals surface area contributed by atoms with Crippen molar-refractivity contribution in [3.05, 3.63) is 0 Å². The number of rotatable bonds is 6. The molecule has 0 aliphatic carbocycles. The maximum absolute atomic E-state index is 10.6. The standard InChI is InChI=1S/C8H17NO2/c1-8(10)7-9(2)5-4-6-11-3/h4-7H2,1-3H3. The molecule has 3 heteroatoms. The second-order valence-electron chi connectivity index (χ2n) is 2.79. The first kappa shape index (κ1) is 10.6. The number of carbonyl (C=O) groups excluding carboxylic acids is 1. The zero-order valence-electron chi connectivity index (χ0n) is 7.59. The van der Waals surface area contributed by atoms with Crippen LogP contribution in [0.4, 0.5) is 0 Å². The van der Waals surface area contributed by atoms with Gasteiger partial charge in [0.1, 0.15) is 5.78 Å². The van der Waals surface area contributed by atoms with E-state index in [1.807, 2.05) is 11.9 Å². The maximum atomic E-state index is 10.6. The largest absolute Gasteiger partial charge is 0.385 e. The fourth-order valence-corrected chi connectivity index (χ4v) is 0.938. The summed E-state index contributed by atoms with van der Waals surface area (Å²) in [6, 6.07) is 0. The van der Waals surface area contributed by atoms with Crippen LogP contribution in [-0.2, 0) is 9.53 Å². The molecule has 0 bridgehead atoms. The summed E-state index contributed by atoms with van der Waals surface area (Å²) in [5.74, 6) is 0.213. The Balaban J connectivity index is 3.22. The lowest BCUT2D eigenvalue weighted by Crippen LogP contribution is -2.26. The third-order valence-electron chi connectivity index (χ3n) is 1.38. The van der Waals surface area contributed by atoms with Gasteiger partial charge in [-0.15, -0.1) is 0 Å². The number of Topliss-reactive ketones (excluding diaryl/α,β-unsaturated/α-hetero) is 1. The number of ketones is 1. The molecule has 11 heavy (non-hydrogen) atoms. The zero-order valence-corrected chi connectivity index (χ0v) is 7.59. The van der Waals surface area contributed by atoms with Crippen LogP contribution in [0.1, 0.15) is 13.3 Å². The van der Waals surface area contributed by atoms with Gasteiger partial charge in [0, 0.05) is 20.3 Å². The first-order valence-electron chi connectivity index (χ1n) is 3.83. The van der Waals surface area contributed by atoms with E-state index in [4.69, 9.17) is 4.74 Å². The van der Waals surface area contributed by atoms with Gasteiger partial charge in [-0.2, -0.15) is 0 Å². The molecule has 0 heterocycles. The van der Waals surface area contributed by atoms with Crippen molar-refractivity contribution in [3.63, 3.8) is 0 Å². The summed E-state index contributed by atoms with van der Waals surface area (Å²) in [5.41, 5.74) is 0. The van der Waals surface area contributed by atoms with Gasteiger partial charge in [-0.3, -0.25) is 9.69 Å². The Morgan fingerprint density at radius 1 is 1.55 bits per heavy atom. The fourth-order valence-electron chi connectivity index (χ4n) is 0.938. The number of nitrogens with zero attached hydrogens (tertiary/aromatic N) is 1. The first-order chi connectivity index (χ1) is 5.16. The van der Waals surface area contributed by atoms with Crippen molar-refractivity contribution in [2.75, 3.05) is 33.9 Å². The molecule has 0 aromatic carbocycles. The summed E-state index contributed by atoms with van der Waals surface area (Å²) in [7, 11) is 3.63. The average Bonchev–Trinajstić information content (AvgIpc) is 1.86. The molecule has 0 rings (SSSR count). The number of likely N-dealkylation sites (N-methyl/N-ethyl adjacent to an activating group) is 1. The van der Waals surface area contributed by atoms with E-state index >= 15 is 0 Å². The van der Waals surface area contributed by atoms with Gasteiger partial charge in [-0.25, -0.2) is 0 Å². The van der Waals surface area contributed by atoms with Crippen LogP contribution >= 0.6 is 0 Å². The summed E-state index contributed by atoms with van der Waals surface area (Å²) in [5, 5.41) is 0. The van der Waals surface area contributed by atoms with Gasteiger partial charge in [-0.05, 0) is 20.4 Å². The third kappa shape index (κ3) is 7.49. The Hall–Kier alpha value is -0.410. The van der Waals surface area contributed by atoms with Gasteiger partial charge in [0.25, 0.3) is 0 Å². The van der Waals surface area contributed by atoms with Crippen LogP contribution in [-0.4, -0.2) is 44.5 Å². The maximum Gasteiger partial charge on any atom is 0.143 e. The number of carbonyl (C=O) groups is 1.